The number of carbonyl (C=O) groups is 2. The molecule has 0 aliphatic rings. The fourth-order valence-electron chi connectivity index (χ4n) is 1.39. The molecule has 0 saturated carbocycles. The number of hydrogen-bond acceptors (Lipinski definition) is 2. The zero-order chi connectivity index (χ0) is 14.6. The molecule has 0 aliphatic heterocycles. The first-order chi connectivity index (χ1) is 8.76. The lowest BCUT2D eigenvalue weighted by Crippen LogP contribution is -2.30. The second-order valence-electron chi connectivity index (χ2n) is 5.07. The fourth-order valence-corrected chi connectivity index (χ4v) is 1.39. The fraction of sp³-hybridized carbons (Fsp3) is 0.429. The largest absolute Gasteiger partial charge is 0.481 e. The summed E-state index contributed by atoms with van der Waals surface area (Å²) in [6.07, 6.45) is 0.291. The molecule has 1 aromatic rings. The van der Waals surface area contributed by atoms with Crippen molar-refractivity contribution in [1.82, 2.24) is 0 Å². The third-order valence-corrected chi connectivity index (χ3v) is 3.15. The van der Waals surface area contributed by atoms with Crippen molar-refractivity contribution in [1.29, 1.82) is 0 Å². The van der Waals surface area contributed by atoms with Crippen LogP contribution in [0.3, 0.4) is 0 Å². The summed E-state index contributed by atoms with van der Waals surface area (Å²) in [5, 5.41) is 11.2. The number of nitrogens with one attached hydrogen (secondary N) is 1. The Morgan fingerprint density at radius 3 is 2.47 bits per heavy atom. The average Bonchev–Trinajstić information content (AvgIpc) is 2.32. The Morgan fingerprint density at radius 1 is 1.37 bits per heavy atom. The van der Waals surface area contributed by atoms with E-state index in [2.05, 4.69) is 5.32 Å². The molecular formula is C14H18FNO3. The molecule has 1 amide bonds. The van der Waals surface area contributed by atoms with Crippen LogP contribution in [0, 0.1) is 11.2 Å². The lowest BCUT2D eigenvalue weighted by Gasteiger charge is -2.21. The van der Waals surface area contributed by atoms with Gasteiger partial charge in [0.2, 0.25) is 5.91 Å². The van der Waals surface area contributed by atoms with Crippen molar-refractivity contribution in [3.8, 4) is 0 Å². The van der Waals surface area contributed by atoms with Crippen LogP contribution in [0.15, 0.2) is 18.2 Å². The van der Waals surface area contributed by atoms with E-state index in [0.717, 1.165) is 6.07 Å². The normalized spacial score (nSPS) is 11.2. The van der Waals surface area contributed by atoms with Crippen molar-refractivity contribution < 1.29 is 19.1 Å². The summed E-state index contributed by atoms with van der Waals surface area (Å²) in [4.78, 5) is 22.4. The van der Waals surface area contributed by atoms with Gasteiger partial charge >= 0.3 is 5.97 Å². The topological polar surface area (TPSA) is 66.4 Å². The zero-order valence-corrected chi connectivity index (χ0v) is 11.3. The van der Waals surface area contributed by atoms with Gasteiger partial charge in [-0.15, -0.1) is 0 Å². The predicted molar refractivity (Wildman–Crippen MR) is 70.4 cm³/mol. The highest BCUT2D eigenvalue weighted by molar-refractivity contribution is 5.94. The van der Waals surface area contributed by atoms with Gasteiger partial charge in [0.25, 0.3) is 0 Å². The molecule has 0 unspecified atom stereocenters. The molecule has 0 bridgehead atoms. The highest BCUT2D eigenvalue weighted by atomic mass is 19.1. The number of halogens is 1. The number of hydrogen-bond donors (Lipinski definition) is 2. The summed E-state index contributed by atoms with van der Waals surface area (Å²) in [6, 6.07) is 4.02. The number of benzene rings is 1. The van der Waals surface area contributed by atoms with E-state index in [9.17, 15) is 14.0 Å². The van der Waals surface area contributed by atoms with Crippen molar-refractivity contribution in [2.75, 3.05) is 5.32 Å². The first kappa shape index (κ1) is 15.1. The van der Waals surface area contributed by atoms with Crippen molar-refractivity contribution in [2.24, 2.45) is 5.41 Å². The first-order valence-electron chi connectivity index (χ1n) is 6.08. The maximum atomic E-state index is 13.6. The van der Waals surface area contributed by atoms with Gasteiger partial charge in [-0.1, -0.05) is 26.8 Å². The number of carboxylic acids is 1. The number of amides is 1. The molecule has 0 aliphatic carbocycles. The average molecular weight is 267 g/mol. The van der Waals surface area contributed by atoms with Gasteiger partial charge in [0.05, 0.1) is 6.42 Å². The Labute approximate surface area is 111 Å². The van der Waals surface area contributed by atoms with Gasteiger partial charge < -0.3 is 10.4 Å². The van der Waals surface area contributed by atoms with Crippen LogP contribution in [0.5, 0.6) is 0 Å². The molecule has 2 N–H and O–H groups in total. The maximum Gasteiger partial charge on any atom is 0.307 e. The minimum atomic E-state index is -1.09. The zero-order valence-electron chi connectivity index (χ0n) is 11.3. The molecule has 0 saturated heterocycles. The third-order valence-electron chi connectivity index (χ3n) is 3.15. The molecule has 5 heteroatoms. The van der Waals surface area contributed by atoms with Gasteiger partial charge in [0.1, 0.15) is 5.82 Å². The first-order valence-corrected chi connectivity index (χ1v) is 6.08. The van der Waals surface area contributed by atoms with Crippen LogP contribution >= 0.6 is 0 Å². The molecule has 19 heavy (non-hydrogen) atoms. The van der Waals surface area contributed by atoms with Gasteiger partial charge in [-0.3, -0.25) is 9.59 Å². The summed E-state index contributed by atoms with van der Waals surface area (Å²) >= 11 is 0. The molecule has 0 aromatic heterocycles. The summed E-state index contributed by atoms with van der Waals surface area (Å²) in [5.41, 5.74) is -0.102. The van der Waals surface area contributed by atoms with Crippen LogP contribution in [0.4, 0.5) is 10.1 Å². The standard InChI is InChI=1S/C14H18FNO3/c1-4-14(2,3)13(19)16-10-6-5-9(7-12(17)18)11(15)8-10/h5-6,8H,4,7H2,1-3H3,(H,16,19)(H,17,18). The van der Waals surface area contributed by atoms with Gasteiger partial charge in [-0.25, -0.2) is 4.39 Å². The van der Waals surface area contributed by atoms with Crippen molar-refractivity contribution in [3.05, 3.63) is 29.6 Å². The van der Waals surface area contributed by atoms with Crippen LogP contribution in [0.2, 0.25) is 0 Å². The van der Waals surface area contributed by atoms with Crippen molar-refractivity contribution in [3.63, 3.8) is 0 Å². The van der Waals surface area contributed by atoms with E-state index >= 15 is 0 Å². The van der Waals surface area contributed by atoms with Crippen molar-refractivity contribution in [2.45, 2.75) is 33.6 Å². The summed E-state index contributed by atoms with van der Waals surface area (Å²) in [7, 11) is 0. The Balaban J connectivity index is 2.85. The van der Waals surface area contributed by atoms with Crippen LogP contribution < -0.4 is 5.32 Å². The van der Waals surface area contributed by atoms with Gasteiger partial charge in [-0.05, 0) is 24.1 Å². The molecule has 4 nitrogen and oxygen atoms in total. The molecule has 0 atom stereocenters. The van der Waals surface area contributed by atoms with E-state index in [-0.39, 0.29) is 17.9 Å². The Morgan fingerprint density at radius 2 is 2.00 bits per heavy atom. The molecule has 104 valence electrons. The van der Waals surface area contributed by atoms with Crippen LogP contribution in [0.25, 0.3) is 0 Å². The van der Waals surface area contributed by atoms with Crippen LogP contribution in [0.1, 0.15) is 32.8 Å². The number of aliphatic carboxylic acids is 1. The molecule has 0 radical (unpaired) electrons. The number of rotatable bonds is 5. The van der Waals surface area contributed by atoms with E-state index in [1.807, 2.05) is 6.92 Å². The van der Waals surface area contributed by atoms with E-state index in [0.29, 0.717) is 12.1 Å². The molecule has 0 fully saturated rings. The van der Waals surface area contributed by atoms with E-state index < -0.39 is 17.2 Å². The smallest absolute Gasteiger partial charge is 0.307 e. The molecule has 0 heterocycles. The minimum Gasteiger partial charge on any atom is -0.481 e. The second-order valence-corrected chi connectivity index (χ2v) is 5.07. The Hall–Kier alpha value is -1.91. The monoisotopic (exact) mass is 267 g/mol. The summed E-state index contributed by atoms with van der Waals surface area (Å²) in [6.45, 7) is 5.51. The highest BCUT2D eigenvalue weighted by Crippen LogP contribution is 2.23. The van der Waals surface area contributed by atoms with Crippen LogP contribution in [-0.2, 0) is 16.0 Å². The van der Waals surface area contributed by atoms with Crippen LogP contribution in [-0.4, -0.2) is 17.0 Å². The number of carboxylic acid groups (broad SMARTS) is 1. The van der Waals surface area contributed by atoms with Gasteiger partial charge in [-0.2, -0.15) is 0 Å². The molecule has 0 spiro atoms. The predicted octanol–water partition coefficient (Wildman–Crippen LogP) is 2.83. The maximum absolute atomic E-state index is 13.6. The Bertz CT molecular complexity index is 497. The lowest BCUT2D eigenvalue weighted by atomic mass is 9.89. The van der Waals surface area contributed by atoms with Gasteiger partial charge in [0, 0.05) is 11.1 Å². The molecule has 1 aromatic carbocycles. The molecule has 1 rings (SSSR count). The van der Waals surface area contributed by atoms with E-state index in [1.54, 1.807) is 13.8 Å². The minimum absolute atomic E-state index is 0.0975. The SMILES string of the molecule is CCC(C)(C)C(=O)Nc1ccc(CC(=O)O)c(F)c1. The molecular weight excluding hydrogens is 249 g/mol. The highest BCUT2D eigenvalue weighted by Gasteiger charge is 2.25. The quantitative estimate of drug-likeness (QED) is 0.862. The second kappa shape index (κ2) is 5.82. The van der Waals surface area contributed by atoms with Crippen molar-refractivity contribution >= 4 is 17.6 Å². The lowest BCUT2D eigenvalue weighted by molar-refractivity contribution is -0.136. The Kier molecular flexibility index (Phi) is 4.64. The van der Waals surface area contributed by atoms with Gasteiger partial charge in [0.15, 0.2) is 0 Å². The van der Waals surface area contributed by atoms with E-state index in [4.69, 9.17) is 5.11 Å². The summed E-state index contributed by atoms with van der Waals surface area (Å²) in [5.74, 6) is -1.92. The van der Waals surface area contributed by atoms with E-state index in [1.165, 1.54) is 12.1 Å². The third kappa shape index (κ3) is 4.05. The number of anilines is 1. The number of carbonyl (C=O) groups excluding carboxylic acids is 1. The summed E-state index contributed by atoms with van der Waals surface area (Å²) < 4.78 is 13.6.